The van der Waals surface area contributed by atoms with Crippen molar-refractivity contribution in [2.24, 2.45) is 0 Å². The predicted octanol–water partition coefficient (Wildman–Crippen LogP) is 1.71. The highest BCUT2D eigenvalue weighted by Gasteiger charge is 2.37. The summed E-state index contributed by atoms with van der Waals surface area (Å²) >= 11 is 0. The summed E-state index contributed by atoms with van der Waals surface area (Å²) in [6.45, 7) is 1.93. The van der Waals surface area contributed by atoms with Crippen molar-refractivity contribution in [2.75, 3.05) is 6.61 Å². The molecule has 0 saturated carbocycles. The van der Waals surface area contributed by atoms with Gasteiger partial charge in [0.05, 0.1) is 13.0 Å². The van der Waals surface area contributed by atoms with Crippen LogP contribution in [0.3, 0.4) is 0 Å². The van der Waals surface area contributed by atoms with E-state index >= 15 is 0 Å². The lowest BCUT2D eigenvalue weighted by Crippen LogP contribution is -2.26. The fraction of sp³-hybridized carbons (Fsp3) is 0.600. The molecule has 1 aromatic rings. The van der Waals surface area contributed by atoms with Gasteiger partial charge < -0.3 is 4.74 Å². The predicted molar refractivity (Wildman–Crippen MR) is 51.5 cm³/mol. The largest absolute Gasteiger partial charge is 0.461 e. The number of aromatic amines is 1. The first-order valence-corrected chi connectivity index (χ1v) is 5.14. The Labute approximate surface area is 91.0 Å². The first-order valence-electron chi connectivity index (χ1n) is 5.14. The van der Waals surface area contributed by atoms with Gasteiger partial charge in [-0.25, -0.2) is 13.6 Å². The number of aromatic nitrogens is 2. The topological polar surface area (TPSA) is 55.0 Å². The number of hydrogen-bond acceptors (Lipinski definition) is 3. The normalized spacial score (nSPS) is 17.9. The lowest BCUT2D eigenvalue weighted by atomic mass is 9.93. The minimum Gasteiger partial charge on any atom is -0.461 e. The molecule has 0 bridgehead atoms. The number of nitrogens with one attached hydrogen (secondary N) is 1. The van der Waals surface area contributed by atoms with Crippen molar-refractivity contribution >= 4 is 5.97 Å². The quantitative estimate of drug-likeness (QED) is 0.787. The van der Waals surface area contributed by atoms with Gasteiger partial charge in [0.1, 0.15) is 0 Å². The molecule has 0 unspecified atom stereocenters. The van der Waals surface area contributed by atoms with Gasteiger partial charge in [0.2, 0.25) is 0 Å². The summed E-state index contributed by atoms with van der Waals surface area (Å²) in [7, 11) is 0. The molecule has 0 radical (unpaired) electrons. The number of halogens is 2. The second kappa shape index (κ2) is 3.84. The molecular formula is C10H12F2N2O2. The first kappa shape index (κ1) is 11.0. The molecule has 4 nitrogen and oxygen atoms in total. The first-order chi connectivity index (χ1) is 7.53. The van der Waals surface area contributed by atoms with Crippen LogP contribution in [0.1, 0.15) is 35.1 Å². The Hall–Kier alpha value is -1.46. The van der Waals surface area contributed by atoms with Crippen LogP contribution in [-0.2, 0) is 17.6 Å². The van der Waals surface area contributed by atoms with Gasteiger partial charge in [-0.1, -0.05) is 0 Å². The zero-order valence-electron chi connectivity index (χ0n) is 8.85. The molecule has 1 aliphatic rings. The highest BCUT2D eigenvalue weighted by atomic mass is 19.3. The van der Waals surface area contributed by atoms with Crippen molar-refractivity contribution in [3.05, 3.63) is 17.0 Å². The van der Waals surface area contributed by atoms with E-state index in [0.29, 0.717) is 11.3 Å². The number of rotatable bonds is 2. The molecule has 1 heterocycles. The Morgan fingerprint density at radius 3 is 3.06 bits per heavy atom. The van der Waals surface area contributed by atoms with Gasteiger partial charge in [0.15, 0.2) is 5.69 Å². The van der Waals surface area contributed by atoms with E-state index in [1.54, 1.807) is 6.92 Å². The molecule has 0 atom stereocenters. The molecule has 6 heteroatoms. The monoisotopic (exact) mass is 230 g/mol. The van der Waals surface area contributed by atoms with Crippen LogP contribution in [-0.4, -0.2) is 28.7 Å². The summed E-state index contributed by atoms with van der Waals surface area (Å²) in [5.41, 5.74) is 1.07. The highest BCUT2D eigenvalue weighted by Crippen LogP contribution is 2.33. The number of ether oxygens (including phenoxy) is 1. The van der Waals surface area contributed by atoms with E-state index in [1.165, 1.54) is 0 Å². The van der Waals surface area contributed by atoms with Crippen LogP contribution in [0.4, 0.5) is 8.78 Å². The molecule has 0 amide bonds. The van der Waals surface area contributed by atoms with Gasteiger partial charge in [0, 0.05) is 17.7 Å². The third kappa shape index (κ3) is 1.91. The Morgan fingerprint density at radius 2 is 2.38 bits per heavy atom. The lowest BCUT2D eigenvalue weighted by Gasteiger charge is -2.21. The lowest BCUT2D eigenvalue weighted by molar-refractivity contribution is -0.0133. The van der Waals surface area contributed by atoms with Crippen molar-refractivity contribution in [1.82, 2.24) is 10.2 Å². The van der Waals surface area contributed by atoms with E-state index in [2.05, 4.69) is 10.2 Å². The van der Waals surface area contributed by atoms with Crippen molar-refractivity contribution in [3.63, 3.8) is 0 Å². The second-order valence-electron chi connectivity index (χ2n) is 3.78. The minimum atomic E-state index is -2.70. The number of H-pyrrole nitrogens is 1. The molecule has 0 spiro atoms. The summed E-state index contributed by atoms with van der Waals surface area (Å²) in [6, 6.07) is 0. The van der Waals surface area contributed by atoms with Crippen molar-refractivity contribution in [2.45, 2.75) is 32.1 Å². The second-order valence-corrected chi connectivity index (χ2v) is 3.78. The van der Waals surface area contributed by atoms with Crippen molar-refractivity contribution in [3.8, 4) is 0 Å². The van der Waals surface area contributed by atoms with Crippen LogP contribution in [0.2, 0.25) is 0 Å². The van der Waals surface area contributed by atoms with E-state index in [-0.39, 0.29) is 31.6 Å². The number of carbonyl (C=O) groups excluding carboxylic acids is 1. The molecule has 1 aliphatic carbocycles. The summed E-state index contributed by atoms with van der Waals surface area (Å²) in [6.07, 6.45) is -0.465. The SMILES string of the molecule is CCOC(=O)c1n[nH]c2c1CCC(F)(F)C2. The molecule has 0 saturated heterocycles. The molecule has 0 aromatic carbocycles. The summed E-state index contributed by atoms with van der Waals surface area (Å²) < 4.78 is 31.0. The molecule has 1 aromatic heterocycles. The minimum absolute atomic E-state index is 0.146. The van der Waals surface area contributed by atoms with Crippen LogP contribution in [0.25, 0.3) is 0 Å². The maximum Gasteiger partial charge on any atom is 0.359 e. The van der Waals surface area contributed by atoms with E-state index in [1.807, 2.05) is 0 Å². The summed E-state index contributed by atoms with van der Waals surface area (Å²) in [4.78, 5) is 11.4. The number of fused-ring (bicyclic) bond motifs is 1. The van der Waals surface area contributed by atoms with Gasteiger partial charge in [-0.2, -0.15) is 5.10 Å². The molecule has 1 N–H and O–H groups in total. The van der Waals surface area contributed by atoms with Gasteiger partial charge in [0.25, 0.3) is 5.92 Å². The van der Waals surface area contributed by atoms with Crippen LogP contribution in [0, 0.1) is 0 Å². The maximum absolute atomic E-state index is 13.1. The van der Waals surface area contributed by atoms with Crippen LogP contribution in [0.5, 0.6) is 0 Å². The van der Waals surface area contributed by atoms with E-state index in [9.17, 15) is 13.6 Å². The van der Waals surface area contributed by atoms with Gasteiger partial charge in [-0.15, -0.1) is 0 Å². The van der Waals surface area contributed by atoms with E-state index in [4.69, 9.17) is 4.74 Å². The number of hydrogen-bond donors (Lipinski definition) is 1. The van der Waals surface area contributed by atoms with E-state index < -0.39 is 11.9 Å². The molecule has 2 rings (SSSR count). The smallest absolute Gasteiger partial charge is 0.359 e. The zero-order valence-corrected chi connectivity index (χ0v) is 8.85. The van der Waals surface area contributed by atoms with Crippen LogP contribution in [0.15, 0.2) is 0 Å². The van der Waals surface area contributed by atoms with Gasteiger partial charge in [-0.05, 0) is 13.3 Å². The average Bonchev–Trinajstić information content (AvgIpc) is 2.59. The fourth-order valence-electron chi connectivity index (χ4n) is 1.84. The zero-order chi connectivity index (χ0) is 11.8. The molecular weight excluding hydrogens is 218 g/mol. The number of esters is 1. The molecule has 0 aliphatic heterocycles. The fourth-order valence-corrected chi connectivity index (χ4v) is 1.84. The van der Waals surface area contributed by atoms with Gasteiger partial charge >= 0.3 is 5.97 Å². The molecule has 88 valence electrons. The standard InChI is InChI=1S/C10H12F2N2O2/c1-2-16-9(15)8-6-3-4-10(11,12)5-7(6)13-14-8/h2-5H2,1H3,(H,13,14). The number of alkyl halides is 2. The van der Waals surface area contributed by atoms with Gasteiger partial charge in [-0.3, -0.25) is 5.10 Å². The highest BCUT2D eigenvalue weighted by molar-refractivity contribution is 5.89. The van der Waals surface area contributed by atoms with E-state index in [0.717, 1.165) is 0 Å². The average molecular weight is 230 g/mol. The molecule has 16 heavy (non-hydrogen) atoms. The Kier molecular flexibility index (Phi) is 2.65. The number of carbonyl (C=O) groups is 1. The van der Waals surface area contributed by atoms with Crippen molar-refractivity contribution < 1.29 is 18.3 Å². The van der Waals surface area contributed by atoms with Crippen LogP contribution < -0.4 is 0 Å². The number of nitrogens with zero attached hydrogens (tertiary/aromatic N) is 1. The maximum atomic E-state index is 13.1. The third-order valence-electron chi connectivity index (χ3n) is 2.60. The Morgan fingerprint density at radius 1 is 1.62 bits per heavy atom. The summed E-state index contributed by atoms with van der Waals surface area (Å²) in [5.74, 6) is -3.25. The molecule has 0 fully saturated rings. The Balaban J connectivity index is 2.26. The summed E-state index contributed by atoms with van der Waals surface area (Å²) in [5, 5.41) is 6.24. The van der Waals surface area contributed by atoms with Crippen LogP contribution >= 0.6 is 0 Å². The Bertz CT molecular complexity index is 415. The third-order valence-corrected chi connectivity index (χ3v) is 2.60. The van der Waals surface area contributed by atoms with Crippen molar-refractivity contribution in [1.29, 1.82) is 0 Å².